The Labute approximate surface area is 107 Å². The highest BCUT2D eigenvalue weighted by Crippen LogP contribution is 2.25. The topological polar surface area (TPSA) is 106 Å². The highest BCUT2D eigenvalue weighted by molar-refractivity contribution is 7.93. The van der Waals surface area contributed by atoms with Crippen molar-refractivity contribution in [2.75, 3.05) is 4.72 Å². The van der Waals surface area contributed by atoms with E-state index in [4.69, 9.17) is 16.7 Å². The number of alkyl halides is 2. The molecule has 0 spiro atoms. The van der Waals surface area contributed by atoms with Crippen LogP contribution in [0.3, 0.4) is 0 Å². The molecule has 102 valence electrons. The molecule has 0 fully saturated rings. The maximum absolute atomic E-state index is 12.1. The lowest BCUT2D eigenvalue weighted by Crippen LogP contribution is -2.20. The summed E-state index contributed by atoms with van der Waals surface area (Å²) in [6.45, 7) is 0. The second kappa shape index (κ2) is 4.96. The SMILES string of the molecule is NS(=O)(=O)c1ccc(NS(=O)(=O)C(F)F)cc1Cl. The monoisotopic (exact) mass is 320 g/mol. The van der Waals surface area contributed by atoms with Gasteiger partial charge in [-0.25, -0.2) is 22.0 Å². The number of primary sulfonamides is 1. The Balaban J connectivity index is 3.15. The van der Waals surface area contributed by atoms with Crippen molar-refractivity contribution in [2.24, 2.45) is 5.14 Å². The average Bonchev–Trinajstić information content (AvgIpc) is 2.14. The highest BCUT2D eigenvalue weighted by atomic mass is 35.5. The molecule has 0 radical (unpaired) electrons. The molecule has 18 heavy (non-hydrogen) atoms. The van der Waals surface area contributed by atoms with Crippen LogP contribution in [0, 0.1) is 0 Å². The predicted molar refractivity (Wildman–Crippen MR) is 61.4 cm³/mol. The summed E-state index contributed by atoms with van der Waals surface area (Å²) in [5.41, 5.74) is -0.298. The van der Waals surface area contributed by atoms with E-state index in [1.807, 2.05) is 0 Å². The number of sulfonamides is 2. The third-order valence-corrected chi connectivity index (χ3v) is 4.12. The molecule has 3 N–H and O–H groups in total. The van der Waals surface area contributed by atoms with Crippen LogP contribution in [0.15, 0.2) is 23.1 Å². The van der Waals surface area contributed by atoms with Gasteiger partial charge in [0, 0.05) is 0 Å². The normalized spacial score (nSPS) is 12.7. The smallest absolute Gasteiger partial charge is 0.279 e. The minimum Gasteiger partial charge on any atom is -0.279 e. The van der Waals surface area contributed by atoms with Crippen molar-refractivity contribution in [1.82, 2.24) is 0 Å². The molecule has 0 aliphatic carbocycles. The fourth-order valence-corrected chi connectivity index (χ4v) is 2.64. The van der Waals surface area contributed by atoms with Gasteiger partial charge in [0.25, 0.3) is 10.0 Å². The lowest BCUT2D eigenvalue weighted by molar-refractivity contribution is 0.236. The molecular weight excluding hydrogens is 314 g/mol. The molecule has 0 bridgehead atoms. The van der Waals surface area contributed by atoms with Gasteiger partial charge < -0.3 is 0 Å². The Hall–Kier alpha value is -0.970. The molecule has 0 unspecified atom stereocenters. The number of hydrogen-bond acceptors (Lipinski definition) is 4. The third kappa shape index (κ3) is 3.51. The Morgan fingerprint density at radius 2 is 1.78 bits per heavy atom. The number of anilines is 1. The fourth-order valence-electron chi connectivity index (χ4n) is 1.00. The number of hydrogen-bond donors (Lipinski definition) is 2. The van der Waals surface area contributed by atoms with E-state index in [0.717, 1.165) is 18.2 Å². The molecule has 0 saturated carbocycles. The summed E-state index contributed by atoms with van der Waals surface area (Å²) in [5, 5.41) is 4.43. The van der Waals surface area contributed by atoms with E-state index in [0.29, 0.717) is 0 Å². The molecular formula is C7H7ClF2N2O4S2. The maximum Gasteiger partial charge on any atom is 0.355 e. The number of halogens is 3. The van der Waals surface area contributed by atoms with Gasteiger partial charge in [0.05, 0.1) is 10.7 Å². The minimum absolute atomic E-state index is 0.298. The summed E-state index contributed by atoms with van der Waals surface area (Å²) in [5.74, 6) is -3.62. The van der Waals surface area contributed by atoms with Gasteiger partial charge in [-0.05, 0) is 18.2 Å². The van der Waals surface area contributed by atoms with Crippen LogP contribution in [-0.2, 0) is 20.0 Å². The van der Waals surface area contributed by atoms with Gasteiger partial charge in [-0.3, -0.25) is 4.72 Å². The minimum atomic E-state index is -4.84. The van der Waals surface area contributed by atoms with Gasteiger partial charge in [0.1, 0.15) is 4.90 Å². The molecule has 1 rings (SSSR count). The van der Waals surface area contributed by atoms with Crippen LogP contribution in [-0.4, -0.2) is 22.6 Å². The molecule has 0 aliphatic rings. The molecule has 0 heterocycles. The highest BCUT2D eigenvalue weighted by Gasteiger charge is 2.24. The Kier molecular flexibility index (Phi) is 4.15. The number of nitrogens with one attached hydrogen (secondary N) is 1. The van der Waals surface area contributed by atoms with Crippen molar-refractivity contribution in [1.29, 1.82) is 0 Å². The standard InChI is InChI=1S/C7H7ClF2N2O4S2/c8-5-3-4(12-18(15,16)7(9)10)1-2-6(5)17(11,13)14/h1-3,7,12H,(H2,11,13,14). The molecule has 0 amide bonds. The number of rotatable bonds is 4. The van der Waals surface area contributed by atoms with Crippen LogP contribution in [0.25, 0.3) is 0 Å². The van der Waals surface area contributed by atoms with E-state index in [-0.39, 0.29) is 10.7 Å². The van der Waals surface area contributed by atoms with E-state index >= 15 is 0 Å². The van der Waals surface area contributed by atoms with Crippen LogP contribution in [0.1, 0.15) is 0 Å². The predicted octanol–water partition coefficient (Wildman–Crippen LogP) is 0.952. The number of nitrogens with two attached hydrogens (primary N) is 1. The van der Waals surface area contributed by atoms with Gasteiger partial charge in [-0.1, -0.05) is 11.6 Å². The first-order valence-electron chi connectivity index (χ1n) is 4.16. The number of benzene rings is 1. The van der Waals surface area contributed by atoms with Gasteiger partial charge in [0.2, 0.25) is 10.0 Å². The van der Waals surface area contributed by atoms with E-state index < -0.39 is 30.7 Å². The zero-order valence-electron chi connectivity index (χ0n) is 8.47. The fraction of sp³-hybridized carbons (Fsp3) is 0.143. The largest absolute Gasteiger partial charge is 0.355 e. The zero-order valence-corrected chi connectivity index (χ0v) is 10.9. The second-order valence-corrected chi connectivity index (χ2v) is 6.69. The summed E-state index contributed by atoms with van der Waals surface area (Å²) in [4.78, 5) is -0.441. The van der Waals surface area contributed by atoms with Gasteiger partial charge in [0.15, 0.2) is 0 Å². The van der Waals surface area contributed by atoms with E-state index in [1.54, 1.807) is 0 Å². The summed E-state index contributed by atoms with van der Waals surface area (Å²) >= 11 is 5.54. The lowest BCUT2D eigenvalue weighted by Gasteiger charge is -2.08. The van der Waals surface area contributed by atoms with Crippen molar-refractivity contribution in [3.05, 3.63) is 23.2 Å². The maximum atomic E-state index is 12.1. The second-order valence-electron chi connectivity index (χ2n) is 3.10. The third-order valence-electron chi connectivity index (χ3n) is 1.73. The molecule has 11 heteroatoms. The van der Waals surface area contributed by atoms with Crippen molar-refractivity contribution in [2.45, 2.75) is 10.7 Å². The molecule has 6 nitrogen and oxygen atoms in total. The molecule has 0 atom stereocenters. The van der Waals surface area contributed by atoms with Crippen LogP contribution in [0.2, 0.25) is 5.02 Å². The van der Waals surface area contributed by atoms with Gasteiger partial charge >= 0.3 is 5.76 Å². The summed E-state index contributed by atoms with van der Waals surface area (Å²) < 4.78 is 69.4. The molecule has 0 aromatic heterocycles. The molecule has 0 saturated heterocycles. The van der Waals surface area contributed by atoms with E-state index in [9.17, 15) is 25.6 Å². The molecule has 1 aromatic carbocycles. The lowest BCUT2D eigenvalue weighted by atomic mass is 10.3. The summed E-state index contributed by atoms with van der Waals surface area (Å²) in [7, 11) is -8.91. The van der Waals surface area contributed by atoms with Crippen molar-refractivity contribution >= 4 is 37.3 Å². The Bertz CT molecular complexity index is 660. The first-order valence-corrected chi connectivity index (χ1v) is 7.63. The van der Waals surface area contributed by atoms with Crippen molar-refractivity contribution in [3.63, 3.8) is 0 Å². The van der Waals surface area contributed by atoms with Crippen molar-refractivity contribution in [3.8, 4) is 0 Å². The van der Waals surface area contributed by atoms with E-state index in [1.165, 1.54) is 4.72 Å². The molecule has 1 aromatic rings. The van der Waals surface area contributed by atoms with Crippen LogP contribution < -0.4 is 9.86 Å². The van der Waals surface area contributed by atoms with Crippen LogP contribution in [0.4, 0.5) is 14.5 Å². The molecule has 0 aliphatic heterocycles. The van der Waals surface area contributed by atoms with E-state index in [2.05, 4.69) is 0 Å². The van der Waals surface area contributed by atoms with Crippen LogP contribution in [0.5, 0.6) is 0 Å². The summed E-state index contributed by atoms with van der Waals surface area (Å²) in [6, 6.07) is 2.72. The van der Waals surface area contributed by atoms with Crippen LogP contribution >= 0.6 is 11.6 Å². The van der Waals surface area contributed by atoms with Gasteiger partial charge in [-0.15, -0.1) is 0 Å². The average molecular weight is 321 g/mol. The first kappa shape index (κ1) is 15.1. The zero-order chi connectivity index (χ0) is 14.1. The first-order chi connectivity index (χ1) is 8.04. The Morgan fingerprint density at radius 1 is 1.22 bits per heavy atom. The quantitative estimate of drug-likeness (QED) is 0.861. The summed E-state index contributed by atoms with van der Waals surface area (Å²) in [6.07, 6.45) is 0. The van der Waals surface area contributed by atoms with Gasteiger partial charge in [-0.2, -0.15) is 8.78 Å². The Morgan fingerprint density at radius 3 is 2.17 bits per heavy atom. The van der Waals surface area contributed by atoms with Crippen molar-refractivity contribution < 1.29 is 25.6 Å².